The second kappa shape index (κ2) is 5.62. The van der Waals surface area contributed by atoms with E-state index in [1.807, 2.05) is 6.07 Å². The third-order valence-corrected chi connectivity index (χ3v) is 4.72. The van der Waals surface area contributed by atoms with Gasteiger partial charge in [0.15, 0.2) is 0 Å². The molecule has 108 valence electrons. The Bertz CT molecular complexity index is 515. The number of nitrogens with two attached hydrogens (primary N) is 1. The molecule has 1 aliphatic carbocycles. The van der Waals surface area contributed by atoms with Crippen LogP contribution in [-0.4, -0.2) is 31.4 Å². The smallest absolute Gasteiger partial charge is 0.0494 e. The van der Waals surface area contributed by atoms with Crippen LogP contribution in [0.5, 0.6) is 0 Å². The highest BCUT2D eigenvalue weighted by Gasteiger charge is 2.34. The van der Waals surface area contributed by atoms with Gasteiger partial charge in [0.25, 0.3) is 0 Å². The van der Waals surface area contributed by atoms with E-state index < -0.39 is 0 Å². The molecule has 1 saturated heterocycles. The van der Waals surface area contributed by atoms with Crippen molar-refractivity contribution in [1.29, 1.82) is 5.41 Å². The zero-order valence-electron chi connectivity index (χ0n) is 11.5. The molecule has 1 saturated carbocycles. The Morgan fingerprint density at radius 3 is 2.95 bits per heavy atom. The van der Waals surface area contributed by atoms with Gasteiger partial charge in [0.05, 0.1) is 0 Å². The van der Waals surface area contributed by atoms with Gasteiger partial charge < -0.3 is 21.4 Å². The van der Waals surface area contributed by atoms with Crippen molar-refractivity contribution < 1.29 is 0 Å². The number of halogens is 1. The second-order valence-corrected chi connectivity index (χ2v) is 6.11. The van der Waals surface area contributed by atoms with Crippen molar-refractivity contribution in [3.8, 4) is 0 Å². The first kappa shape index (κ1) is 13.7. The number of hydrogen-bond acceptors (Lipinski definition) is 4. The molecule has 5 heteroatoms. The Morgan fingerprint density at radius 2 is 2.15 bits per heavy atom. The van der Waals surface area contributed by atoms with Gasteiger partial charge in [-0.1, -0.05) is 24.4 Å². The van der Waals surface area contributed by atoms with Crippen molar-refractivity contribution in [3.63, 3.8) is 0 Å². The molecule has 20 heavy (non-hydrogen) atoms. The highest BCUT2D eigenvalue weighted by molar-refractivity contribution is 6.31. The SMILES string of the molecule is N=Cc1c(N)cc(Cl)cc1N1CCNC2CCCCC21. The fourth-order valence-electron chi connectivity index (χ4n) is 3.58. The van der Waals surface area contributed by atoms with E-state index in [0.29, 0.717) is 22.8 Å². The molecule has 0 spiro atoms. The van der Waals surface area contributed by atoms with Crippen LogP contribution < -0.4 is 16.0 Å². The maximum absolute atomic E-state index is 7.66. The normalized spacial score (nSPS) is 26.1. The Labute approximate surface area is 124 Å². The molecule has 1 aliphatic heterocycles. The summed E-state index contributed by atoms with van der Waals surface area (Å²) in [5.41, 5.74) is 8.43. The number of piperazine rings is 1. The highest BCUT2D eigenvalue weighted by Crippen LogP contribution is 2.35. The molecule has 0 aromatic heterocycles. The number of benzene rings is 1. The second-order valence-electron chi connectivity index (χ2n) is 5.68. The molecule has 1 heterocycles. The van der Waals surface area contributed by atoms with Crippen LogP contribution in [0.15, 0.2) is 12.1 Å². The molecule has 3 rings (SSSR count). The van der Waals surface area contributed by atoms with Gasteiger partial charge in [-0.15, -0.1) is 0 Å². The summed E-state index contributed by atoms with van der Waals surface area (Å²) in [7, 11) is 0. The van der Waals surface area contributed by atoms with Gasteiger partial charge in [-0.3, -0.25) is 0 Å². The number of nitrogens with zero attached hydrogens (tertiary/aromatic N) is 1. The summed E-state index contributed by atoms with van der Waals surface area (Å²) in [6.07, 6.45) is 6.35. The molecule has 4 N–H and O–H groups in total. The van der Waals surface area contributed by atoms with E-state index in [1.165, 1.54) is 31.9 Å². The summed E-state index contributed by atoms with van der Waals surface area (Å²) in [5, 5.41) is 11.9. The molecule has 2 aliphatic rings. The van der Waals surface area contributed by atoms with Crippen molar-refractivity contribution >= 4 is 29.2 Å². The number of fused-ring (bicyclic) bond motifs is 1. The van der Waals surface area contributed by atoms with Gasteiger partial charge in [0, 0.05) is 53.3 Å². The van der Waals surface area contributed by atoms with E-state index in [2.05, 4.69) is 10.2 Å². The van der Waals surface area contributed by atoms with Gasteiger partial charge in [-0.25, -0.2) is 0 Å². The van der Waals surface area contributed by atoms with E-state index >= 15 is 0 Å². The predicted molar refractivity (Wildman–Crippen MR) is 85.1 cm³/mol. The zero-order valence-corrected chi connectivity index (χ0v) is 12.3. The van der Waals surface area contributed by atoms with Crippen molar-refractivity contribution in [2.24, 2.45) is 0 Å². The van der Waals surface area contributed by atoms with Crippen LogP contribution >= 0.6 is 11.6 Å². The molecule has 0 bridgehead atoms. The molecule has 1 aromatic carbocycles. The number of nitrogens with one attached hydrogen (secondary N) is 2. The Balaban J connectivity index is 2.00. The van der Waals surface area contributed by atoms with Gasteiger partial charge in [0.2, 0.25) is 0 Å². The van der Waals surface area contributed by atoms with Crippen LogP contribution in [0.4, 0.5) is 11.4 Å². The average Bonchev–Trinajstić information content (AvgIpc) is 2.46. The van der Waals surface area contributed by atoms with Crippen LogP contribution in [0.2, 0.25) is 5.02 Å². The van der Waals surface area contributed by atoms with Crippen molar-refractivity contribution in [2.45, 2.75) is 37.8 Å². The maximum atomic E-state index is 7.66. The first-order valence-electron chi connectivity index (χ1n) is 7.30. The first-order chi connectivity index (χ1) is 9.70. The Hall–Kier alpha value is -1.26. The van der Waals surface area contributed by atoms with Gasteiger partial charge in [-0.05, 0) is 25.0 Å². The van der Waals surface area contributed by atoms with E-state index in [1.54, 1.807) is 6.07 Å². The standard InChI is InChI=1S/C15H21ClN4/c16-10-7-12(18)11(9-17)15(8-10)20-6-5-19-13-3-1-2-4-14(13)20/h7-9,13-14,17,19H,1-6,18H2. The lowest BCUT2D eigenvalue weighted by Gasteiger charge is -2.46. The van der Waals surface area contributed by atoms with E-state index in [9.17, 15) is 0 Å². The fourth-order valence-corrected chi connectivity index (χ4v) is 3.80. The number of hydrogen-bond donors (Lipinski definition) is 3. The van der Waals surface area contributed by atoms with Crippen molar-refractivity contribution in [1.82, 2.24) is 5.32 Å². The van der Waals surface area contributed by atoms with Crippen LogP contribution in [0.1, 0.15) is 31.2 Å². The van der Waals surface area contributed by atoms with Crippen LogP contribution in [-0.2, 0) is 0 Å². The average molecular weight is 293 g/mol. The molecule has 4 nitrogen and oxygen atoms in total. The molecule has 2 atom stereocenters. The number of anilines is 2. The highest BCUT2D eigenvalue weighted by atomic mass is 35.5. The van der Waals surface area contributed by atoms with Gasteiger partial charge in [-0.2, -0.15) is 0 Å². The van der Waals surface area contributed by atoms with E-state index in [4.69, 9.17) is 22.7 Å². The van der Waals surface area contributed by atoms with Crippen LogP contribution in [0, 0.1) is 5.41 Å². The third-order valence-electron chi connectivity index (χ3n) is 4.50. The summed E-state index contributed by atoms with van der Waals surface area (Å²) in [6, 6.07) is 4.73. The Kier molecular flexibility index (Phi) is 3.85. The number of rotatable bonds is 2. The fraction of sp³-hybridized carbons (Fsp3) is 0.533. The van der Waals surface area contributed by atoms with Crippen molar-refractivity contribution in [3.05, 3.63) is 22.7 Å². The third kappa shape index (κ3) is 2.38. The van der Waals surface area contributed by atoms with Gasteiger partial charge in [0.1, 0.15) is 0 Å². The maximum Gasteiger partial charge on any atom is 0.0494 e. The molecule has 0 amide bonds. The molecule has 2 unspecified atom stereocenters. The predicted octanol–water partition coefficient (Wildman–Crippen LogP) is 2.64. The topological polar surface area (TPSA) is 65.1 Å². The largest absolute Gasteiger partial charge is 0.398 e. The minimum absolute atomic E-state index is 0.495. The minimum atomic E-state index is 0.495. The zero-order chi connectivity index (χ0) is 14.1. The first-order valence-corrected chi connectivity index (χ1v) is 7.68. The minimum Gasteiger partial charge on any atom is -0.398 e. The lowest BCUT2D eigenvalue weighted by atomic mass is 9.87. The number of nitrogen functional groups attached to an aromatic ring is 1. The lowest BCUT2D eigenvalue weighted by Crippen LogP contribution is -2.59. The van der Waals surface area contributed by atoms with Crippen molar-refractivity contribution in [2.75, 3.05) is 23.7 Å². The molecule has 2 fully saturated rings. The summed E-state index contributed by atoms with van der Waals surface area (Å²) < 4.78 is 0. The van der Waals surface area contributed by atoms with E-state index in [0.717, 1.165) is 24.3 Å². The molecular formula is C15H21ClN4. The molecule has 0 radical (unpaired) electrons. The Morgan fingerprint density at radius 1 is 1.35 bits per heavy atom. The van der Waals surface area contributed by atoms with E-state index in [-0.39, 0.29) is 0 Å². The summed E-state index contributed by atoms with van der Waals surface area (Å²) in [6.45, 7) is 1.92. The summed E-state index contributed by atoms with van der Waals surface area (Å²) >= 11 is 6.18. The quantitative estimate of drug-likeness (QED) is 0.580. The monoisotopic (exact) mass is 292 g/mol. The van der Waals surface area contributed by atoms with Gasteiger partial charge >= 0.3 is 0 Å². The lowest BCUT2D eigenvalue weighted by molar-refractivity contribution is 0.284. The van der Waals surface area contributed by atoms with Crippen LogP contribution in [0.3, 0.4) is 0 Å². The summed E-state index contributed by atoms with van der Waals surface area (Å²) in [4.78, 5) is 2.41. The summed E-state index contributed by atoms with van der Waals surface area (Å²) in [5.74, 6) is 0. The molecule has 1 aromatic rings. The molecular weight excluding hydrogens is 272 g/mol. The van der Waals surface area contributed by atoms with Crippen LogP contribution in [0.25, 0.3) is 0 Å².